The van der Waals surface area contributed by atoms with E-state index < -0.39 is 0 Å². The van der Waals surface area contributed by atoms with Crippen LogP contribution in [0.15, 0.2) is 44.8 Å². The molecule has 0 radical (unpaired) electrons. The molecule has 3 aromatic heterocycles. The summed E-state index contributed by atoms with van der Waals surface area (Å²) in [7, 11) is 0. The van der Waals surface area contributed by atoms with Crippen molar-refractivity contribution in [2.75, 3.05) is 19.6 Å². The van der Waals surface area contributed by atoms with E-state index in [0.717, 1.165) is 37.4 Å². The SMILES string of the molecule is O=C(Cc1cccs1)NCC1CCN(Cc2nc(-c3ccco3)no2)CC1. The van der Waals surface area contributed by atoms with Crippen LogP contribution in [0.25, 0.3) is 11.6 Å². The van der Waals surface area contributed by atoms with E-state index >= 15 is 0 Å². The van der Waals surface area contributed by atoms with Gasteiger partial charge in [-0.05, 0) is 55.4 Å². The Bertz CT molecular complexity index is 836. The molecule has 0 bridgehead atoms. The lowest BCUT2D eigenvalue weighted by atomic mass is 9.97. The van der Waals surface area contributed by atoms with Crippen LogP contribution in [0.5, 0.6) is 0 Å². The first-order chi connectivity index (χ1) is 13.3. The number of furan rings is 1. The van der Waals surface area contributed by atoms with E-state index in [-0.39, 0.29) is 5.91 Å². The van der Waals surface area contributed by atoms with Gasteiger partial charge in [0.15, 0.2) is 5.76 Å². The number of aromatic nitrogens is 2. The molecule has 1 fully saturated rings. The average Bonchev–Trinajstić information content (AvgIpc) is 3.43. The predicted octanol–water partition coefficient (Wildman–Crippen LogP) is 2.96. The van der Waals surface area contributed by atoms with Crippen LogP contribution in [0.4, 0.5) is 0 Å². The van der Waals surface area contributed by atoms with E-state index in [1.54, 1.807) is 23.7 Å². The Labute approximate surface area is 161 Å². The Morgan fingerprint density at radius 2 is 2.19 bits per heavy atom. The second kappa shape index (κ2) is 8.49. The molecule has 0 aliphatic carbocycles. The first kappa shape index (κ1) is 17.9. The molecule has 1 aliphatic heterocycles. The quantitative estimate of drug-likeness (QED) is 0.672. The second-order valence-corrected chi connectivity index (χ2v) is 7.80. The van der Waals surface area contributed by atoms with E-state index in [2.05, 4.69) is 20.4 Å². The molecule has 3 aromatic rings. The molecule has 7 nitrogen and oxygen atoms in total. The van der Waals surface area contributed by atoms with E-state index in [1.807, 2.05) is 23.6 Å². The monoisotopic (exact) mass is 386 g/mol. The molecule has 0 unspecified atom stereocenters. The summed E-state index contributed by atoms with van der Waals surface area (Å²) < 4.78 is 10.6. The molecule has 4 heterocycles. The van der Waals surface area contributed by atoms with Crippen molar-refractivity contribution in [1.29, 1.82) is 0 Å². The largest absolute Gasteiger partial charge is 0.461 e. The molecule has 4 rings (SSSR count). The lowest BCUT2D eigenvalue weighted by Gasteiger charge is -2.30. The van der Waals surface area contributed by atoms with Gasteiger partial charge in [-0.25, -0.2) is 0 Å². The minimum atomic E-state index is 0.108. The molecule has 1 saturated heterocycles. The van der Waals surface area contributed by atoms with Crippen LogP contribution >= 0.6 is 11.3 Å². The van der Waals surface area contributed by atoms with E-state index in [4.69, 9.17) is 8.94 Å². The fraction of sp³-hybridized carbons (Fsp3) is 0.421. The van der Waals surface area contributed by atoms with Crippen molar-refractivity contribution in [1.82, 2.24) is 20.4 Å². The van der Waals surface area contributed by atoms with Crippen LogP contribution in [0, 0.1) is 5.92 Å². The maximum atomic E-state index is 12.0. The van der Waals surface area contributed by atoms with Gasteiger partial charge in [-0.2, -0.15) is 4.98 Å². The Hall–Kier alpha value is -2.45. The van der Waals surface area contributed by atoms with Gasteiger partial charge in [0, 0.05) is 11.4 Å². The number of carbonyl (C=O) groups excluding carboxylic acids is 1. The van der Waals surface area contributed by atoms with E-state index in [0.29, 0.717) is 36.4 Å². The van der Waals surface area contributed by atoms with Gasteiger partial charge in [0.1, 0.15) is 0 Å². The van der Waals surface area contributed by atoms with Gasteiger partial charge in [0.2, 0.25) is 17.6 Å². The van der Waals surface area contributed by atoms with Crippen molar-refractivity contribution in [3.8, 4) is 11.6 Å². The third-order valence-corrected chi connectivity index (χ3v) is 5.65. The lowest BCUT2D eigenvalue weighted by Crippen LogP contribution is -2.38. The first-order valence-corrected chi connectivity index (χ1v) is 10.0. The number of hydrogen-bond donors (Lipinski definition) is 1. The summed E-state index contributed by atoms with van der Waals surface area (Å²) in [6, 6.07) is 7.59. The van der Waals surface area contributed by atoms with Gasteiger partial charge in [0.25, 0.3) is 0 Å². The summed E-state index contributed by atoms with van der Waals surface area (Å²) in [4.78, 5) is 19.8. The number of likely N-dealkylation sites (tertiary alicyclic amines) is 1. The maximum absolute atomic E-state index is 12.0. The van der Waals surface area contributed by atoms with Gasteiger partial charge in [-0.3, -0.25) is 9.69 Å². The Morgan fingerprint density at radius 1 is 1.30 bits per heavy atom. The summed E-state index contributed by atoms with van der Waals surface area (Å²) in [5.41, 5.74) is 0. The van der Waals surface area contributed by atoms with Crippen molar-refractivity contribution < 1.29 is 13.7 Å². The van der Waals surface area contributed by atoms with Crippen LogP contribution in [0.2, 0.25) is 0 Å². The smallest absolute Gasteiger partial charge is 0.241 e. The molecular weight excluding hydrogens is 364 g/mol. The van der Waals surface area contributed by atoms with Gasteiger partial charge in [-0.1, -0.05) is 11.2 Å². The number of nitrogens with zero attached hydrogens (tertiary/aromatic N) is 3. The van der Waals surface area contributed by atoms with Crippen molar-refractivity contribution in [3.63, 3.8) is 0 Å². The van der Waals surface area contributed by atoms with Crippen LogP contribution in [0.1, 0.15) is 23.6 Å². The zero-order chi connectivity index (χ0) is 18.5. The van der Waals surface area contributed by atoms with Crippen molar-refractivity contribution in [2.24, 2.45) is 5.92 Å². The van der Waals surface area contributed by atoms with Gasteiger partial charge < -0.3 is 14.3 Å². The molecular formula is C19H22N4O3S. The topological polar surface area (TPSA) is 84.4 Å². The second-order valence-electron chi connectivity index (χ2n) is 6.77. The molecule has 1 amide bonds. The summed E-state index contributed by atoms with van der Waals surface area (Å²) >= 11 is 1.62. The fourth-order valence-corrected chi connectivity index (χ4v) is 3.96. The summed E-state index contributed by atoms with van der Waals surface area (Å²) in [6.45, 7) is 3.32. The van der Waals surface area contributed by atoms with Gasteiger partial charge >= 0.3 is 0 Å². The number of amides is 1. The number of nitrogens with one attached hydrogen (secondary N) is 1. The summed E-state index contributed by atoms with van der Waals surface area (Å²) in [6.07, 6.45) is 4.18. The van der Waals surface area contributed by atoms with E-state index in [9.17, 15) is 4.79 Å². The van der Waals surface area contributed by atoms with Crippen LogP contribution in [0.3, 0.4) is 0 Å². The minimum absolute atomic E-state index is 0.108. The highest BCUT2D eigenvalue weighted by molar-refractivity contribution is 7.10. The Balaban J connectivity index is 1.18. The predicted molar refractivity (Wildman–Crippen MR) is 101 cm³/mol. The Morgan fingerprint density at radius 3 is 2.93 bits per heavy atom. The number of rotatable bonds is 7. The highest BCUT2D eigenvalue weighted by Crippen LogP contribution is 2.20. The maximum Gasteiger partial charge on any atom is 0.241 e. The van der Waals surface area contributed by atoms with Gasteiger partial charge in [0.05, 0.1) is 19.2 Å². The normalized spacial score (nSPS) is 15.9. The summed E-state index contributed by atoms with van der Waals surface area (Å²) in [5, 5.41) is 9.04. The van der Waals surface area contributed by atoms with Crippen molar-refractivity contribution in [2.45, 2.75) is 25.8 Å². The van der Waals surface area contributed by atoms with Crippen LogP contribution < -0.4 is 5.32 Å². The molecule has 0 spiro atoms. The third kappa shape index (κ3) is 4.84. The number of hydrogen-bond acceptors (Lipinski definition) is 7. The molecule has 1 aliphatic rings. The Kier molecular flexibility index (Phi) is 5.64. The highest BCUT2D eigenvalue weighted by atomic mass is 32.1. The van der Waals surface area contributed by atoms with E-state index in [1.165, 1.54) is 0 Å². The molecule has 0 atom stereocenters. The zero-order valence-electron chi connectivity index (χ0n) is 15.0. The molecule has 142 valence electrons. The lowest BCUT2D eigenvalue weighted by molar-refractivity contribution is -0.120. The number of carbonyl (C=O) groups is 1. The molecule has 27 heavy (non-hydrogen) atoms. The number of piperidine rings is 1. The fourth-order valence-electron chi connectivity index (χ4n) is 3.26. The van der Waals surface area contributed by atoms with Crippen molar-refractivity contribution in [3.05, 3.63) is 46.7 Å². The number of thiophene rings is 1. The van der Waals surface area contributed by atoms with Gasteiger partial charge in [-0.15, -0.1) is 11.3 Å². The molecule has 1 N–H and O–H groups in total. The van der Waals surface area contributed by atoms with Crippen LogP contribution in [-0.2, 0) is 17.8 Å². The first-order valence-electron chi connectivity index (χ1n) is 9.14. The molecule has 8 heteroatoms. The molecule has 0 aromatic carbocycles. The van der Waals surface area contributed by atoms with Crippen molar-refractivity contribution >= 4 is 17.2 Å². The third-order valence-electron chi connectivity index (χ3n) is 4.78. The van der Waals surface area contributed by atoms with Crippen LogP contribution in [-0.4, -0.2) is 40.6 Å². The summed E-state index contributed by atoms with van der Waals surface area (Å²) in [5.74, 6) is 2.33. The standard InChI is InChI=1S/C19H22N4O3S/c24-17(11-15-3-2-10-27-15)20-12-14-5-7-23(8-6-14)13-18-21-19(22-26-18)16-4-1-9-25-16/h1-4,9-10,14H,5-8,11-13H2,(H,20,24). The highest BCUT2D eigenvalue weighted by Gasteiger charge is 2.22. The zero-order valence-corrected chi connectivity index (χ0v) is 15.8. The minimum Gasteiger partial charge on any atom is -0.461 e. The average molecular weight is 386 g/mol. The molecule has 0 saturated carbocycles.